The Labute approximate surface area is 81.8 Å². The van der Waals surface area contributed by atoms with E-state index in [0.29, 0.717) is 5.69 Å². The van der Waals surface area contributed by atoms with Gasteiger partial charge in [0.2, 0.25) is 0 Å². The van der Waals surface area contributed by atoms with E-state index in [1.54, 1.807) is 27.2 Å². The highest BCUT2D eigenvalue weighted by Gasteiger charge is 2.32. The van der Waals surface area contributed by atoms with Gasteiger partial charge in [-0.3, -0.25) is 0 Å². The number of nitrogens with zero attached hydrogens (tertiary/aromatic N) is 1. The maximum atomic E-state index is 12.6. The van der Waals surface area contributed by atoms with Crippen LogP contribution in [0.1, 0.15) is 0 Å². The van der Waals surface area contributed by atoms with Crippen LogP contribution in [-0.2, 0) is 0 Å². The largest absolute Gasteiger partial charge is 0.515 e. The lowest BCUT2D eigenvalue weighted by molar-refractivity contribution is 0.474. The fourth-order valence-electron chi connectivity index (χ4n) is 1.38. The number of para-hydroxylation sites is 1. The maximum Gasteiger partial charge on any atom is 0.515 e. The van der Waals surface area contributed by atoms with Gasteiger partial charge in [-0.05, 0) is 11.5 Å². The number of rotatable bonds is 2. The van der Waals surface area contributed by atoms with Gasteiger partial charge in [0.15, 0.2) is 0 Å². The van der Waals surface area contributed by atoms with Crippen LogP contribution >= 0.6 is 0 Å². The fraction of sp³-hybridized carbons (Fsp3) is 0.333. The average Bonchev–Trinajstić information content (AvgIpc) is 2.01. The highest BCUT2D eigenvalue weighted by Crippen LogP contribution is 2.20. The minimum absolute atomic E-state index is 0.178. The van der Waals surface area contributed by atoms with Gasteiger partial charge in [0.25, 0.3) is 0 Å². The third kappa shape index (κ3) is 2.29. The van der Waals surface area contributed by atoms with Gasteiger partial charge in [-0.25, -0.2) is 0 Å². The molecule has 0 radical (unpaired) electrons. The molecule has 0 aliphatic carbocycles. The lowest BCUT2D eigenvalue weighted by atomic mass is 9.78. The van der Waals surface area contributed by atoms with Crippen LogP contribution in [-0.4, -0.2) is 28.1 Å². The van der Waals surface area contributed by atoms with Crippen LogP contribution in [0.4, 0.5) is 18.6 Å². The third-order valence-electron chi connectivity index (χ3n) is 2.01. The van der Waals surface area contributed by atoms with Crippen LogP contribution in [0, 0.1) is 0 Å². The van der Waals surface area contributed by atoms with E-state index < -0.39 is 12.4 Å². The van der Waals surface area contributed by atoms with Crippen LogP contribution in [0.25, 0.3) is 0 Å². The summed E-state index contributed by atoms with van der Waals surface area (Å²) in [7, 11) is 5.17. The molecule has 0 spiro atoms. The first-order valence-corrected chi connectivity index (χ1v) is 4.34. The Morgan fingerprint density at radius 2 is 1.50 bits per heavy atom. The summed E-state index contributed by atoms with van der Waals surface area (Å²) in [6.45, 7) is -4.92. The van der Waals surface area contributed by atoms with Crippen LogP contribution in [0.2, 0.25) is 0 Å². The van der Waals surface area contributed by atoms with Crippen molar-refractivity contribution in [3.05, 3.63) is 24.3 Å². The van der Waals surface area contributed by atoms with Crippen molar-refractivity contribution in [2.24, 2.45) is 0 Å². The van der Waals surface area contributed by atoms with E-state index in [0.717, 1.165) is 6.07 Å². The molecule has 0 saturated heterocycles. The molecule has 0 fully saturated rings. The summed E-state index contributed by atoms with van der Waals surface area (Å²) in [5.41, 5.74) is -0.194. The second-order valence-corrected chi connectivity index (χ2v) is 4.15. The molecule has 78 valence electrons. The number of quaternary nitrogens is 1. The van der Waals surface area contributed by atoms with E-state index >= 15 is 0 Å². The first-order valence-electron chi connectivity index (χ1n) is 4.34. The Morgan fingerprint density at radius 3 is 1.86 bits per heavy atom. The van der Waals surface area contributed by atoms with Crippen molar-refractivity contribution in [2.75, 3.05) is 21.1 Å². The second-order valence-electron chi connectivity index (χ2n) is 4.15. The maximum absolute atomic E-state index is 12.6. The van der Waals surface area contributed by atoms with E-state index in [2.05, 4.69) is 0 Å². The molecule has 0 aromatic heterocycles. The molecule has 0 N–H and O–H groups in total. The Hall–Kier alpha value is -0.965. The smallest absolute Gasteiger partial charge is 0.445 e. The van der Waals surface area contributed by atoms with Crippen LogP contribution in [0.3, 0.4) is 0 Å². The molecule has 0 bridgehead atoms. The number of hydrogen-bond acceptors (Lipinski definition) is 0. The summed E-state index contributed by atoms with van der Waals surface area (Å²) in [6, 6.07) is 5.71. The van der Waals surface area contributed by atoms with Gasteiger partial charge >= 0.3 is 6.98 Å². The number of hydrogen-bond donors (Lipinski definition) is 0. The van der Waals surface area contributed by atoms with Gasteiger partial charge in [0.05, 0.1) is 21.1 Å². The van der Waals surface area contributed by atoms with Gasteiger partial charge in [-0.1, -0.05) is 18.2 Å². The monoisotopic (exact) mass is 203 g/mol. The van der Waals surface area contributed by atoms with E-state index in [1.165, 1.54) is 12.1 Å². The first-order chi connectivity index (χ1) is 6.23. The van der Waals surface area contributed by atoms with Gasteiger partial charge in [-0.15, -0.1) is 0 Å². The summed E-state index contributed by atoms with van der Waals surface area (Å²) in [6.07, 6.45) is 0. The molecule has 0 saturated carbocycles. The summed E-state index contributed by atoms with van der Waals surface area (Å²) in [4.78, 5) is 0. The van der Waals surface area contributed by atoms with E-state index in [4.69, 9.17) is 0 Å². The Morgan fingerprint density at radius 1 is 1.00 bits per heavy atom. The molecule has 0 heterocycles. The van der Waals surface area contributed by atoms with Gasteiger partial charge in [0, 0.05) is 0 Å². The molecule has 0 unspecified atom stereocenters. The van der Waals surface area contributed by atoms with Crippen LogP contribution < -0.4 is 9.95 Å². The molecule has 5 heteroatoms. The zero-order valence-corrected chi connectivity index (χ0v) is 8.47. The number of halogens is 3. The molecule has 1 rings (SSSR count). The highest BCUT2D eigenvalue weighted by atomic mass is 19.4. The summed E-state index contributed by atoms with van der Waals surface area (Å²) in [5.74, 6) is 0. The lowest BCUT2D eigenvalue weighted by Gasteiger charge is -2.29. The Bertz CT molecular complexity index is 295. The van der Waals surface area contributed by atoms with Crippen molar-refractivity contribution in [2.45, 2.75) is 0 Å². The lowest BCUT2D eigenvalue weighted by Crippen LogP contribution is -2.45. The van der Waals surface area contributed by atoms with Crippen molar-refractivity contribution in [3.63, 3.8) is 0 Å². The van der Waals surface area contributed by atoms with Crippen molar-refractivity contribution >= 4 is 18.1 Å². The summed E-state index contributed by atoms with van der Waals surface area (Å²) in [5, 5.41) is 0. The molecule has 0 aliphatic heterocycles. The normalized spacial score (nSPS) is 13.0. The third-order valence-corrected chi connectivity index (χ3v) is 2.01. The zero-order valence-electron chi connectivity index (χ0n) is 8.47. The summed E-state index contributed by atoms with van der Waals surface area (Å²) < 4.78 is 38.1. The van der Waals surface area contributed by atoms with E-state index in [-0.39, 0.29) is 4.48 Å². The van der Waals surface area contributed by atoms with E-state index in [1.807, 2.05) is 0 Å². The molecule has 1 aromatic rings. The van der Waals surface area contributed by atoms with E-state index in [9.17, 15) is 12.9 Å². The molecular formula is C9H13BF3N. The predicted molar refractivity (Wildman–Crippen MR) is 54.7 cm³/mol. The Kier molecular flexibility index (Phi) is 2.63. The zero-order chi connectivity index (χ0) is 11.0. The van der Waals surface area contributed by atoms with Gasteiger partial charge < -0.3 is 17.4 Å². The van der Waals surface area contributed by atoms with Crippen LogP contribution in [0.5, 0.6) is 0 Å². The minimum atomic E-state index is -4.92. The molecule has 0 aliphatic rings. The topological polar surface area (TPSA) is 0 Å². The molecule has 14 heavy (non-hydrogen) atoms. The molecule has 0 amide bonds. The van der Waals surface area contributed by atoms with Crippen molar-refractivity contribution in [1.29, 1.82) is 0 Å². The molecular weight excluding hydrogens is 190 g/mol. The summed E-state index contributed by atoms with van der Waals surface area (Å²) >= 11 is 0. The van der Waals surface area contributed by atoms with Crippen molar-refractivity contribution in [3.8, 4) is 0 Å². The first kappa shape index (κ1) is 11.1. The average molecular weight is 203 g/mol. The molecule has 0 atom stereocenters. The minimum Gasteiger partial charge on any atom is -0.445 e. The SMILES string of the molecule is C[N+](C)(C)c1ccccc1[B-](F)(F)F. The Balaban J connectivity index is 3.31. The number of benzene rings is 1. The predicted octanol–water partition coefficient (Wildman–Crippen LogP) is 1.94. The van der Waals surface area contributed by atoms with Crippen LogP contribution in [0.15, 0.2) is 24.3 Å². The van der Waals surface area contributed by atoms with Gasteiger partial charge in [0.1, 0.15) is 5.69 Å². The highest BCUT2D eigenvalue weighted by molar-refractivity contribution is 6.75. The molecule has 1 aromatic carbocycles. The standard InChI is InChI=1S/C9H13BF3N/c1-14(2,3)9-7-5-4-6-8(9)10(11,12)13/h4-7H,1-3H3. The second kappa shape index (κ2) is 3.31. The van der Waals surface area contributed by atoms with Crippen molar-refractivity contribution < 1.29 is 12.9 Å². The quantitative estimate of drug-likeness (QED) is 0.508. The van der Waals surface area contributed by atoms with Crippen molar-refractivity contribution in [1.82, 2.24) is 4.48 Å². The fourth-order valence-corrected chi connectivity index (χ4v) is 1.38. The molecule has 1 nitrogen and oxygen atoms in total. The van der Waals surface area contributed by atoms with Gasteiger partial charge in [-0.2, -0.15) is 0 Å².